The summed E-state index contributed by atoms with van der Waals surface area (Å²) in [5, 5.41) is 6.98. The number of guanidine groups is 1. The minimum absolute atomic E-state index is 0. The van der Waals surface area contributed by atoms with Gasteiger partial charge in [-0.2, -0.15) is 0 Å². The molecule has 27 heavy (non-hydrogen) atoms. The summed E-state index contributed by atoms with van der Waals surface area (Å²) < 4.78 is 5.30. The number of aryl methyl sites for hydroxylation is 1. The number of nitrogens with zero attached hydrogens (tertiary/aromatic N) is 4. The van der Waals surface area contributed by atoms with Gasteiger partial charge in [0.25, 0.3) is 0 Å². The maximum Gasteiger partial charge on any atom is 0.193 e. The number of hydrogen-bond donors (Lipinski definition) is 1. The monoisotopic (exact) mass is 507 g/mol. The Morgan fingerprint density at radius 2 is 2.04 bits per heavy atom. The van der Waals surface area contributed by atoms with Crippen LogP contribution in [0.1, 0.15) is 30.0 Å². The fourth-order valence-corrected chi connectivity index (χ4v) is 4.63. The summed E-state index contributed by atoms with van der Waals surface area (Å²) in [6.45, 7) is 9.43. The topological polar surface area (TPSA) is 53.0 Å². The van der Waals surface area contributed by atoms with Gasteiger partial charge in [-0.15, -0.1) is 35.3 Å². The molecule has 0 saturated carbocycles. The second-order valence-corrected chi connectivity index (χ2v) is 8.62. The van der Waals surface area contributed by atoms with Gasteiger partial charge in [-0.3, -0.25) is 9.89 Å². The third kappa shape index (κ3) is 6.83. The molecular weight excluding hydrogens is 473 g/mol. The predicted molar refractivity (Wildman–Crippen MR) is 123 cm³/mol. The molecule has 2 aliphatic heterocycles. The Morgan fingerprint density at radius 3 is 2.67 bits per heavy atom. The molecule has 6 nitrogen and oxygen atoms in total. The Morgan fingerprint density at radius 1 is 1.30 bits per heavy atom. The fourth-order valence-electron chi connectivity index (χ4n) is 4.02. The molecule has 2 saturated heterocycles. The lowest BCUT2D eigenvalue weighted by Crippen LogP contribution is -2.44. The lowest BCUT2D eigenvalue weighted by Gasteiger charge is -2.32. The molecule has 2 aliphatic rings. The molecule has 0 aromatic carbocycles. The molecule has 0 amide bonds. The van der Waals surface area contributed by atoms with Crippen LogP contribution >= 0.6 is 35.3 Å². The molecule has 0 aliphatic carbocycles. The summed E-state index contributed by atoms with van der Waals surface area (Å²) in [7, 11) is 3.68. The molecule has 0 bridgehead atoms. The zero-order valence-electron chi connectivity index (χ0n) is 16.8. The maximum absolute atomic E-state index is 5.30. The van der Waals surface area contributed by atoms with Gasteiger partial charge in [0.1, 0.15) is 0 Å². The first-order chi connectivity index (χ1) is 12.7. The van der Waals surface area contributed by atoms with Gasteiger partial charge in [-0.05, 0) is 45.2 Å². The summed E-state index contributed by atoms with van der Waals surface area (Å²) in [6, 6.07) is 0. The molecule has 2 fully saturated rings. The molecule has 1 aromatic rings. The second-order valence-electron chi connectivity index (χ2n) is 7.56. The molecule has 1 unspecified atom stereocenters. The van der Waals surface area contributed by atoms with Crippen LogP contribution in [0.15, 0.2) is 10.4 Å². The summed E-state index contributed by atoms with van der Waals surface area (Å²) in [4.78, 5) is 14.0. The van der Waals surface area contributed by atoms with E-state index in [2.05, 4.69) is 37.4 Å². The van der Waals surface area contributed by atoms with Crippen LogP contribution in [0.5, 0.6) is 0 Å². The average molecular weight is 507 g/mol. The van der Waals surface area contributed by atoms with Gasteiger partial charge in [-0.1, -0.05) is 0 Å². The number of thiazole rings is 1. The molecule has 1 N–H and O–H groups in total. The van der Waals surface area contributed by atoms with E-state index in [0.717, 1.165) is 44.7 Å². The zero-order chi connectivity index (χ0) is 18.4. The van der Waals surface area contributed by atoms with Crippen LogP contribution in [-0.4, -0.2) is 74.2 Å². The second kappa shape index (κ2) is 11.5. The summed E-state index contributed by atoms with van der Waals surface area (Å²) >= 11 is 1.75. The highest BCUT2D eigenvalue weighted by Crippen LogP contribution is 2.20. The predicted octanol–water partition coefficient (Wildman–Crippen LogP) is 2.83. The van der Waals surface area contributed by atoms with Crippen molar-refractivity contribution in [3.8, 4) is 0 Å². The van der Waals surface area contributed by atoms with E-state index < -0.39 is 0 Å². The van der Waals surface area contributed by atoms with Crippen LogP contribution in [0.2, 0.25) is 0 Å². The van der Waals surface area contributed by atoms with E-state index in [0.29, 0.717) is 5.92 Å². The van der Waals surface area contributed by atoms with E-state index >= 15 is 0 Å². The van der Waals surface area contributed by atoms with Crippen molar-refractivity contribution in [1.82, 2.24) is 20.1 Å². The van der Waals surface area contributed by atoms with Crippen molar-refractivity contribution in [3.63, 3.8) is 0 Å². The van der Waals surface area contributed by atoms with Gasteiger partial charge in [-0.25, -0.2) is 4.98 Å². The molecular formula is C19H34IN5OS. The van der Waals surface area contributed by atoms with Crippen LogP contribution in [0.25, 0.3) is 0 Å². The maximum atomic E-state index is 5.30. The number of methoxy groups -OCH3 is 1. The molecule has 1 aromatic heterocycles. The van der Waals surface area contributed by atoms with E-state index in [1.54, 1.807) is 18.4 Å². The van der Waals surface area contributed by atoms with Crippen LogP contribution in [0.4, 0.5) is 0 Å². The van der Waals surface area contributed by atoms with Crippen molar-refractivity contribution in [2.75, 3.05) is 53.5 Å². The minimum atomic E-state index is 0. The largest absolute Gasteiger partial charge is 0.384 e. The highest BCUT2D eigenvalue weighted by atomic mass is 127. The quantitative estimate of drug-likeness (QED) is 0.365. The lowest BCUT2D eigenvalue weighted by molar-refractivity contribution is 0.157. The van der Waals surface area contributed by atoms with Gasteiger partial charge in [0, 0.05) is 51.6 Å². The van der Waals surface area contributed by atoms with E-state index in [-0.39, 0.29) is 24.0 Å². The Hall–Kier alpha value is -0.450. The van der Waals surface area contributed by atoms with Crippen LogP contribution in [0, 0.1) is 18.8 Å². The summed E-state index contributed by atoms with van der Waals surface area (Å²) in [5.41, 5.74) is 1.23. The summed E-state index contributed by atoms with van der Waals surface area (Å²) in [6.07, 6.45) is 3.70. The first-order valence-electron chi connectivity index (χ1n) is 9.75. The van der Waals surface area contributed by atoms with Gasteiger partial charge < -0.3 is 15.0 Å². The molecule has 8 heteroatoms. The highest BCUT2D eigenvalue weighted by molar-refractivity contribution is 14.0. The zero-order valence-corrected chi connectivity index (χ0v) is 20.0. The number of aliphatic imine (C=N–C) groups is 1. The van der Waals surface area contributed by atoms with E-state index in [1.165, 1.54) is 43.1 Å². The third-order valence-corrected chi connectivity index (χ3v) is 6.33. The molecule has 1 atom stereocenters. The number of nitrogens with one attached hydrogen (secondary N) is 1. The lowest BCUT2D eigenvalue weighted by atomic mass is 9.97. The molecule has 3 rings (SSSR count). The number of ether oxygens (including phenoxy) is 1. The molecule has 0 spiro atoms. The van der Waals surface area contributed by atoms with Crippen molar-refractivity contribution < 1.29 is 4.74 Å². The van der Waals surface area contributed by atoms with Crippen molar-refractivity contribution in [2.24, 2.45) is 16.8 Å². The number of aromatic nitrogens is 1. The standard InChI is InChI=1S/C19H33N5OS.HI/c1-15-22-18(14-26-15)12-23-7-4-16(5-8-23)10-21-19(20-2)24-9-6-17(11-24)13-25-3;/h14,16-17H,4-13H2,1-3H3,(H,20,21);1H. The Kier molecular flexibility index (Phi) is 9.75. The first kappa shape index (κ1) is 22.8. The summed E-state index contributed by atoms with van der Waals surface area (Å²) in [5.74, 6) is 2.43. The van der Waals surface area contributed by atoms with Gasteiger partial charge in [0.05, 0.1) is 17.3 Å². The third-order valence-electron chi connectivity index (χ3n) is 5.51. The normalized spacial score (nSPS) is 22.1. The Bertz CT molecular complexity index is 588. The van der Waals surface area contributed by atoms with Gasteiger partial charge in [0.2, 0.25) is 0 Å². The molecule has 0 radical (unpaired) electrons. The van der Waals surface area contributed by atoms with Gasteiger partial charge >= 0.3 is 0 Å². The highest BCUT2D eigenvalue weighted by Gasteiger charge is 2.26. The number of piperidine rings is 1. The number of halogens is 1. The number of rotatable bonds is 6. The Labute approximate surface area is 184 Å². The van der Waals surface area contributed by atoms with Crippen molar-refractivity contribution in [3.05, 3.63) is 16.1 Å². The van der Waals surface area contributed by atoms with Crippen molar-refractivity contribution >= 4 is 41.3 Å². The van der Waals surface area contributed by atoms with Crippen LogP contribution < -0.4 is 5.32 Å². The van der Waals surface area contributed by atoms with Crippen LogP contribution in [-0.2, 0) is 11.3 Å². The number of hydrogen-bond acceptors (Lipinski definition) is 5. The number of likely N-dealkylation sites (tertiary alicyclic amines) is 2. The van der Waals surface area contributed by atoms with Gasteiger partial charge in [0.15, 0.2) is 5.96 Å². The average Bonchev–Trinajstić information content (AvgIpc) is 3.27. The smallest absolute Gasteiger partial charge is 0.193 e. The first-order valence-corrected chi connectivity index (χ1v) is 10.6. The Balaban J connectivity index is 0.00000261. The molecule has 3 heterocycles. The van der Waals surface area contributed by atoms with E-state index in [4.69, 9.17) is 4.74 Å². The SMILES string of the molecule is CN=C(NCC1CCN(Cc2csc(C)n2)CC1)N1CCC(COC)C1.I. The molecule has 154 valence electrons. The van der Waals surface area contributed by atoms with Crippen LogP contribution in [0.3, 0.4) is 0 Å². The van der Waals surface area contributed by atoms with Crippen molar-refractivity contribution in [2.45, 2.75) is 32.7 Å². The minimum Gasteiger partial charge on any atom is -0.384 e. The van der Waals surface area contributed by atoms with Crippen molar-refractivity contribution in [1.29, 1.82) is 0 Å². The fraction of sp³-hybridized carbons (Fsp3) is 0.789. The van der Waals surface area contributed by atoms with E-state index in [9.17, 15) is 0 Å². The van der Waals surface area contributed by atoms with E-state index in [1.807, 2.05) is 7.05 Å².